The number of nitrogens with zero attached hydrogens (tertiary/aromatic N) is 1. The molecule has 1 saturated carbocycles. The van der Waals surface area contributed by atoms with E-state index in [9.17, 15) is 4.79 Å². The van der Waals surface area contributed by atoms with E-state index >= 15 is 0 Å². The molecule has 3 nitrogen and oxygen atoms in total. The monoisotopic (exact) mass is 326 g/mol. The Hall–Kier alpha value is -1.35. The molecule has 2 atom stereocenters. The zero-order chi connectivity index (χ0) is 16.5. The summed E-state index contributed by atoms with van der Waals surface area (Å²) < 4.78 is 0. The molecule has 0 aromatic heterocycles. The van der Waals surface area contributed by atoms with Crippen molar-refractivity contribution in [1.29, 1.82) is 0 Å². The number of nitrogens with one attached hydrogen (secondary N) is 1. The predicted molar refractivity (Wildman–Crippen MR) is 98.5 cm³/mol. The van der Waals surface area contributed by atoms with Crippen LogP contribution in [0.5, 0.6) is 0 Å². The molecule has 1 aliphatic carbocycles. The van der Waals surface area contributed by atoms with Crippen LogP contribution in [0.2, 0.25) is 0 Å². The van der Waals surface area contributed by atoms with Crippen molar-refractivity contribution in [3.05, 3.63) is 29.3 Å². The van der Waals surface area contributed by atoms with Crippen molar-refractivity contribution in [2.75, 3.05) is 24.5 Å². The number of carbonyl (C=O) groups excluding carboxylic acids is 1. The van der Waals surface area contributed by atoms with Crippen LogP contribution >= 0.6 is 0 Å². The van der Waals surface area contributed by atoms with Crippen LogP contribution in [-0.4, -0.2) is 25.5 Å². The highest BCUT2D eigenvalue weighted by Crippen LogP contribution is 2.51. The predicted octanol–water partition coefficient (Wildman–Crippen LogP) is 3.87. The molecule has 3 heteroatoms. The first-order valence-corrected chi connectivity index (χ1v) is 9.90. The maximum absolute atomic E-state index is 12.0. The van der Waals surface area contributed by atoms with Crippen molar-refractivity contribution >= 4 is 11.6 Å². The van der Waals surface area contributed by atoms with E-state index in [1.165, 1.54) is 56.3 Å². The SMILES string of the molecule is CCC(=O)N1CCc2cc(C3CC3CCC3CCNCC3)ccc21. The Morgan fingerprint density at radius 2 is 2.08 bits per heavy atom. The number of carbonyl (C=O) groups is 1. The Bertz CT molecular complexity index is 606. The summed E-state index contributed by atoms with van der Waals surface area (Å²) in [5.74, 6) is 2.91. The number of anilines is 1. The van der Waals surface area contributed by atoms with Gasteiger partial charge in [-0.2, -0.15) is 0 Å². The quantitative estimate of drug-likeness (QED) is 0.891. The summed E-state index contributed by atoms with van der Waals surface area (Å²) in [6.45, 7) is 5.26. The van der Waals surface area contributed by atoms with Gasteiger partial charge in [0.2, 0.25) is 5.91 Å². The number of fused-ring (bicyclic) bond motifs is 1. The minimum Gasteiger partial charge on any atom is -0.317 e. The van der Waals surface area contributed by atoms with Gasteiger partial charge < -0.3 is 10.2 Å². The molecule has 0 bridgehead atoms. The summed E-state index contributed by atoms with van der Waals surface area (Å²) in [5.41, 5.74) is 4.07. The highest BCUT2D eigenvalue weighted by atomic mass is 16.2. The zero-order valence-electron chi connectivity index (χ0n) is 14.9. The Kier molecular flexibility index (Phi) is 4.62. The van der Waals surface area contributed by atoms with Gasteiger partial charge in [-0.3, -0.25) is 4.79 Å². The lowest BCUT2D eigenvalue weighted by molar-refractivity contribution is -0.118. The lowest BCUT2D eigenvalue weighted by atomic mass is 9.91. The van der Waals surface area contributed by atoms with Crippen LogP contribution in [0.4, 0.5) is 5.69 Å². The van der Waals surface area contributed by atoms with E-state index in [4.69, 9.17) is 0 Å². The Morgan fingerprint density at radius 3 is 2.88 bits per heavy atom. The van der Waals surface area contributed by atoms with E-state index in [0.717, 1.165) is 36.4 Å². The van der Waals surface area contributed by atoms with Crippen molar-refractivity contribution in [2.24, 2.45) is 11.8 Å². The molecule has 1 amide bonds. The average Bonchev–Trinajstić information content (AvgIpc) is 3.29. The summed E-state index contributed by atoms with van der Waals surface area (Å²) in [6, 6.07) is 6.89. The molecule has 2 aliphatic heterocycles. The zero-order valence-corrected chi connectivity index (χ0v) is 14.9. The van der Waals surface area contributed by atoms with Gasteiger partial charge in [-0.05, 0) is 80.1 Å². The first-order chi connectivity index (χ1) is 11.8. The van der Waals surface area contributed by atoms with Crippen molar-refractivity contribution in [2.45, 2.75) is 57.8 Å². The maximum Gasteiger partial charge on any atom is 0.226 e. The van der Waals surface area contributed by atoms with Gasteiger partial charge in [0.05, 0.1) is 0 Å². The summed E-state index contributed by atoms with van der Waals surface area (Å²) >= 11 is 0. The van der Waals surface area contributed by atoms with Crippen molar-refractivity contribution in [3.8, 4) is 0 Å². The number of piperidine rings is 1. The fourth-order valence-electron chi connectivity index (χ4n) is 4.70. The fourth-order valence-corrected chi connectivity index (χ4v) is 4.70. The molecule has 1 saturated heterocycles. The molecule has 0 spiro atoms. The first-order valence-electron chi connectivity index (χ1n) is 9.90. The molecule has 0 radical (unpaired) electrons. The molecule has 1 aromatic rings. The van der Waals surface area contributed by atoms with E-state index in [-0.39, 0.29) is 5.91 Å². The lowest BCUT2D eigenvalue weighted by Gasteiger charge is -2.22. The van der Waals surface area contributed by atoms with Gasteiger partial charge in [-0.15, -0.1) is 0 Å². The Morgan fingerprint density at radius 1 is 1.25 bits per heavy atom. The molecule has 4 rings (SSSR count). The minimum atomic E-state index is 0.257. The molecule has 3 aliphatic rings. The van der Waals surface area contributed by atoms with E-state index in [0.29, 0.717) is 6.42 Å². The van der Waals surface area contributed by atoms with Crippen LogP contribution in [0.15, 0.2) is 18.2 Å². The molecule has 1 aromatic carbocycles. The number of amides is 1. The minimum absolute atomic E-state index is 0.257. The fraction of sp³-hybridized carbons (Fsp3) is 0.667. The second-order valence-electron chi connectivity index (χ2n) is 7.91. The van der Waals surface area contributed by atoms with Gasteiger partial charge in [0.25, 0.3) is 0 Å². The van der Waals surface area contributed by atoms with Gasteiger partial charge in [0, 0.05) is 18.7 Å². The third-order valence-electron chi connectivity index (χ3n) is 6.36. The van der Waals surface area contributed by atoms with E-state index in [1.54, 1.807) is 0 Å². The molecular formula is C21H30N2O. The highest BCUT2D eigenvalue weighted by Gasteiger charge is 2.38. The van der Waals surface area contributed by atoms with Crippen LogP contribution in [0.1, 0.15) is 62.5 Å². The van der Waals surface area contributed by atoms with Gasteiger partial charge in [0.15, 0.2) is 0 Å². The van der Waals surface area contributed by atoms with Crippen LogP contribution in [0, 0.1) is 11.8 Å². The standard InChI is InChI=1S/C21H30N2O/c1-2-21(24)23-12-9-18-13-16(5-6-20(18)23)19-14-17(19)4-3-15-7-10-22-11-8-15/h5-6,13,15,17,19,22H,2-4,7-12,14H2,1H3. The number of hydrogen-bond donors (Lipinski definition) is 1. The smallest absolute Gasteiger partial charge is 0.226 e. The Labute approximate surface area is 145 Å². The van der Waals surface area contributed by atoms with Gasteiger partial charge in [0.1, 0.15) is 0 Å². The molecule has 2 fully saturated rings. The largest absolute Gasteiger partial charge is 0.317 e. The topological polar surface area (TPSA) is 32.3 Å². The van der Waals surface area contributed by atoms with Gasteiger partial charge in [-0.25, -0.2) is 0 Å². The molecule has 2 heterocycles. The molecule has 1 N–H and O–H groups in total. The van der Waals surface area contributed by atoms with E-state index < -0.39 is 0 Å². The average molecular weight is 326 g/mol. The molecular weight excluding hydrogens is 296 g/mol. The van der Waals surface area contributed by atoms with Crippen LogP contribution in [-0.2, 0) is 11.2 Å². The second-order valence-corrected chi connectivity index (χ2v) is 7.91. The number of hydrogen-bond acceptors (Lipinski definition) is 2. The van der Waals surface area contributed by atoms with Crippen LogP contribution < -0.4 is 10.2 Å². The van der Waals surface area contributed by atoms with Crippen molar-refractivity contribution < 1.29 is 4.79 Å². The molecule has 24 heavy (non-hydrogen) atoms. The Balaban J connectivity index is 1.34. The number of rotatable bonds is 5. The van der Waals surface area contributed by atoms with Gasteiger partial charge >= 0.3 is 0 Å². The van der Waals surface area contributed by atoms with E-state index in [1.807, 2.05) is 11.8 Å². The highest BCUT2D eigenvalue weighted by molar-refractivity contribution is 5.95. The summed E-state index contributed by atoms with van der Waals surface area (Å²) in [6.07, 6.45) is 8.58. The van der Waals surface area contributed by atoms with Crippen LogP contribution in [0.3, 0.4) is 0 Å². The van der Waals surface area contributed by atoms with Crippen LogP contribution in [0.25, 0.3) is 0 Å². The lowest BCUT2D eigenvalue weighted by Crippen LogP contribution is -2.27. The third-order valence-corrected chi connectivity index (χ3v) is 6.36. The van der Waals surface area contributed by atoms with Crippen molar-refractivity contribution in [1.82, 2.24) is 5.32 Å². The third kappa shape index (κ3) is 3.23. The normalized spacial score (nSPS) is 26.5. The summed E-state index contributed by atoms with van der Waals surface area (Å²) in [5, 5.41) is 3.46. The first kappa shape index (κ1) is 16.1. The molecule has 2 unspecified atom stereocenters. The van der Waals surface area contributed by atoms with E-state index in [2.05, 4.69) is 23.5 Å². The number of benzene rings is 1. The second kappa shape index (κ2) is 6.87. The summed E-state index contributed by atoms with van der Waals surface area (Å²) in [7, 11) is 0. The molecule has 130 valence electrons. The van der Waals surface area contributed by atoms with Crippen molar-refractivity contribution in [3.63, 3.8) is 0 Å². The van der Waals surface area contributed by atoms with Gasteiger partial charge in [-0.1, -0.05) is 25.5 Å². The summed E-state index contributed by atoms with van der Waals surface area (Å²) in [4.78, 5) is 14.0. The maximum atomic E-state index is 12.0.